The van der Waals surface area contributed by atoms with Crippen molar-refractivity contribution < 1.29 is 0 Å². The van der Waals surface area contributed by atoms with E-state index in [0.29, 0.717) is 0 Å². The fraction of sp³-hybridized carbons (Fsp3) is 0.333. The van der Waals surface area contributed by atoms with Crippen LogP contribution in [0.5, 0.6) is 0 Å². The van der Waals surface area contributed by atoms with Gasteiger partial charge in [0.25, 0.3) is 0 Å². The van der Waals surface area contributed by atoms with Crippen molar-refractivity contribution in [2.75, 3.05) is 12.8 Å². The third-order valence-electron chi connectivity index (χ3n) is 4.14. The van der Waals surface area contributed by atoms with Gasteiger partial charge in [0.2, 0.25) is 0 Å². The van der Waals surface area contributed by atoms with Crippen LogP contribution >= 0.6 is 17.2 Å². The second-order valence-electron chi connectivity index (χ2n) is 5.75. The maximum atomic E-state index is 7.41. The van der Waals surface area contributed by atoms with E-state index in [1.807, 2.05) is 0 Å². The molecule has 0 heterocycles. The van der Waals surface area contributed by atoms with Crippen LogP contribution in [0.4, 0.5) is 0 Å². The van der Waals surface area contributed by atoms with E-state index in [1.54, 1.807) is 0 Å². The number of hydrogen-bond donors (Lipinski definition) is 0. The zero-order chi connectivity index (χ0) is 14.5. The number of benzene rings is 2. The van der Waals surface area contributed by atoms with E-state index in [9.17, 15) is 0 Å². The predicted molar refractivity (Wildman–Crippen MR) is 95.2 cm³/mol. The minimum absolute atomic E-state index is 1.08. The van der Waals surface area contributed by atoms with Crippen LogP contribution in [-0.4, -0.2) is 12.8 Å². The van der Waals surface area contributed by atoms with Crippen molar-refractivity contribution in [1.82, 2.24) is 0 Å². The summed E-state index contributed by atoms with van der Waals surface area (Å²) in [5.41, 5.74) is 0. The summed E-state index contributed by atoms with van der Waals surface area (Å²) < 4.78 is 0. The minimum atomic E-state index is -2.56. The molecule has 0 radical (unpaired) electrons. The molecule has 0 fully saturated rings. The van der Waals surface area contributed by atoms with Crippen LogP contribution in [0.1, 0.15) is 26.2 Å². The van der Waals surface area contributed by atoms with Crippen molar-refractivity contribution in [3.05, 3.63) is 60.7 Å². The molecule has 0 aliphatic carbocycles. The first-order valence-electron chi connectivity index (χ1n) is 7.41. The standard InChI is InChI=1S/C18H24ClP/c1-3-4-11-16-20(2,19,17-12-7-5-8-13-17)18-14-9-6-10-15-18/h5-10,12-15H,3-4,11,16H2,1-2H3. The zero-order valence-electron chi connectivity index (χ0n) is 12.4. The van der Waals surface area contributed by atoms with Gasteiger partial charge in [0.1, 0.15) is 0 Å². The van der Waals surface area contributed by atoms with Crippen molar-refractivity contribution in [3.8, 4) is 0 Å². The Labute approximate surface area is 127 Å². The topological polar surface area (TPSA) is 0 Å². The van der Waals surface area contributed by atoms with Crippen LogP contribution in [0.25, 0.3) is 0 Å². The van der Waals surface area contributed by atoms with Gasteiger partial charge in [-0.2, -0.15) is 0 Å². The molecule has 0 aliphatic heterocycles. The fourth-order valence-corrected chi connectivity index (χ4v) is 7.48. The average Bonchev–Trinajstić information content (AvgIpc) is 2.50. The Balaban J connectivity index is 2.48. The molecule has 0 bridgehead atoms. The summed E-state index contributed by atoms with van der Waals surface area (Å²) in [6.07, 6.45) is 4.75. The summed E-state index contributed by atoms with van der Waals surface area (Å²) in [5.74, 6) is -2.56. The van der Waals surface area contributed by atoms with Crippen LogP contribution in [0.3, 0.4) is 0 Å². The molecular formula is C18H24ClP. The van der Waals surface area contributed by atoms with Crippen LogP contribution in [0.15, 0.2) is 60.7 Å². The molecule has 2 aromatic rings. The Morgan fingerprint density at radius 1 is 0.800 bits per heavy atom. The van der Waals surface area contributed by atoms with Crippen LogP contribution in [0.2, 0.25) is 0 Å². The molecule has 0 atom stereocenters. The van der Waals surface area contributed by atoms with Gasteiger partial charge >= 0.3 is 127 Å². The fourth-order valence-electron chi connectivity index (χ4n) is 2.77. The summed E-state index contributed by atoms with van der Waals surface area (Å²) in [6, 6.07) is 21.3. The molecule has 0 nitrogen and oxygen atoms in total. The molecule has 108 valence electrons. The Hall–Kier alpha value is -0.840. The molecule has 0 amide bonds. The molecule has 0 aliphatic rings. The van der Waals surface area contributed by atoms with Gasteiger partial charge < -0.3 is 0 Å². The molecule has 0 saturated heterocycles. The van der Waals surface area contributed by atoms with Crippen LogP contribution < -0.4 is 10.6 Å². The average molecular weight is 307 g/mol. The van der Waals surface area contributed by atoms with Crippen molar-refractivity contribution in [2.24, 2.45) is 0 Å². The Bertz CT molecular complexity index is 490. The summed E-state index contributed by atoms with van der Waals surface area (Å²) in [6.45, 7) is 4.54. The normalized spacial score (nSPS) is 13.7. The van der Waals surface area contributed by atoms with E-state index in [2.05, 4.69) is 74.3 Å². The van der Waals surface area contributed by atoms with Crippen molar-refractivity contribution in [2.45, 2.75) is 26.2 Å². The molecule has 2 aromatic carbocycles. The van der Waals surface area contributed by atoms with Gasteiger partial charge in [-0.25, -0.2) is 0 Å². The van der Waals surface area contributed by atoms with Gasteiger partial charge in [-0.3, -0.25) is 0 Å². The second kappa shape index (κ2) is 6.29. The summed E-state index contributed by atoms with van der Waals surface area (Å²) in [5, 5.41) is 2.62. The maximum absolute atomic E-state index is 7.41. The first-order valence-corrected chi connectivity index (χ1v) is 11.2. The van der Waals surface area contributed by atoms with E-state index >= 15 is 0 Å². The molecule has 0 saturated carbocycles. The zero-order valence-corrected chi connectivity index (χ0v) is 14.1. The van der Waals surface area contributed by atoms with Gasteiger partial charge in [-0.1, -0.05) is 0 Å². The summed E-state index contributed by atoms with van der Waals surface area (Å²) in [7, 11) is 0. The second-order valence-corrected chi connectivity index (χ2v) is 13.3. The monoisotopic (exact) mass is 306 g/mol. The van der Waals surface area contributed by atoms with E-state index in [4.69, 9.17) is 11.2 Å². The predicted octanol–water partition coefficient (Wildman–Crippen LogP) is 5.16. The Kier molecular flexibility index (Phi) is 4.89. The van der Waals surface area contributed by atoms with Gasteiger partial charge in [0, 0.05) is 0 Å². The summed E-state index contributed by atoms with van der Waals surface area (Å²) in [4.78, 5) is 0. The van der Waals surface area contributed by atoms with Gasteiger partial charge in [0.15, 0.2) is 0 Å². The molecule has 0 unspecified atom stereocenters. The van der Waals surface area contributed by atoms with Gasteiger partial charge in [0.05, 0.1) is 0 Å². The quantitative estimate of drug-likeness (QED) is 0.510. The molecule has 2 rings (SSSR count). The van der Waals surface area contributed by atoms with Crippen LogP contribution in [0, 0.1) is 0 Å². The SMILES string of the molecule is CCCCCP(C)(Cl)(c1ccccc1)c1ccccc1. The Morgan fingerprint density at radius 2 is 1.25 bits per heavy atom. The molecule has 20 heavy (non-hydrogen) atoms. The first-order chi connectivity index (χ1) is 9.57. The van der Waals surface area contributed by atoms with Crippen molar-refractivity contribution in [1.29, 1.82) is 0 Å². The third kappa shape index (κ3) is 3.08. The van der Waals surface area contributed by atoms with Crippen molar-refractivity contribution in [3.63, 3.8) is 0 Å². The number of unbranched alkanes of at least 4 members (excludes halogenated alkanes) is 2. The molecule has 0 N–H and O–H groups in total. The molecule has 0 spiro atoms. The van der Waals surface area contributed by atoms with E-state index in [-0.39, 0.29) is 0 Å². The number of halogens is 1. The van der Waals surface area contributed by atoms with E-state index < -0.39 is 5.96 Å². The van der Waals surface area contributed by atoms with E-state index in [0.717, 1.165) is 6.16 Å². The first kappa shape index (κ1) is 15.5. The molecular weight excluding hydrogens is 283 g/mol. The summed E-state index contributed by atoms with van der Waals surface area (Å²) >= 11 is 7.41. The van der Waals surface area contributed by atoms with Gasteiger partial charge in [-0.15, -0.1) is 0 Å². The Morgan fingerprint density at radius 3 is 1.65 bits per heavy atom. The third-order valence-corrected chi connectivity index (χ3v) is 10.5. The van der Waals surface area contributed by atoms with Gasteiger partial charge in [-0.05, 0) is 0 Å². The molecule has 0 aromatic heterocycles. The number of rotatable bonds is 6. The van der Waals surface area contributed by atoms with Crippen molar-refractivity contribution >= 4 is 27.8 Å². The van der Waals surface area contributed by atoms with E-state index in [1.165, 1.54) is 29.9 Å². The molecule has 2 heteroatoms. The number of hydrogen-bond acceptors (Lipinski definition) is 0. The van der Waals surface area contributed by atoms with Crippen LogP contribution in [-0.2, 0) is 0 Å².